The van der Waals surface area contributed by atoms with Crippen molar-refractivity contribution in [3.05, 3.63) is 28.2 Å². The van der Waals surface area contributed by atoms with Crippen LogP contribution in [0.1, 0.15) is 38.7 Å². The van der Waals surface area contributed by atoms with Gasteiger partial charge in [-0.2, -0.15) is 0 Å². The van der Waals surface area contributed by atoms with Crippen molar-refractivity contribution in [2.45, 2.75) is 45.6 Å². The molecule has 1 N–H and O–H groups in total. The van der Waals surface area contributed by atoms with Gasteiger partial charge in [-0.05, 0) is 69.7 Å². The quantitative estimate of drug-likeness (QED) is 0.902. The van der Waals surface area contributed by atoms with Crippen molar-refractivity contribution in [2.75, 3.05) is 18.1 Å². The predicted molar refractivity (Wildman–Crippen MR) is 84.7 cm³/mol. The number of hydrogen-bond donors (Lipinski definition) is 1. The van der Waals surface area contributed by atoms with E-state index in [4.69, 9.17) is 5.11 Å². The minimum Gasteiger partial charge on any atom is -0.396 e. The van der Waals surface area contributed by atoms with Gasteiger partial charge in [0.1, 0.15) is 0 Å². The number of hydrogen-bond acceptors (Lipinski definition) is 2. The van der Waals surface area contributed by atoms with Crippen LogP contribution in [0.15, 0.2) is 22.7 Å². The van der Waals surface area contributed by atoms with E-state index in [0.717, 1.165) is 19.4 Å². The van der Waals surface area contributed by atoms with Crippen LogP contribution in [0.25, 0.3) is 0 Å². The summed E-state index contributed by atoms with van der Waals surface area (Å²) in [5.74, 6) is 0.660. The Morgan fingerprint density at radius 1 is 1.42 bits per heavy atom. The Morgan fingerprint density at radius 2 is 2.16 bits per heavy atom. The van der Waals surface area contributed by atoms with Crippen molar-refractivity contribution >= 4 is 21.6 Å². The number of halogens is 1. The first-order valence-electron chi connectivity index (χ1n) is 7.08. The second kappa shape index (κ2) is 5.84. The van der Waals surface area contributed by atoms with E-state index in [1.807, 2.05) is 0 Å². The highest BCUT2D eigenvalue weighted by atomic mass is 79.9. The lowest BCUT2D eigenvalue weighted by Crippen LogP contribution is -2.50. The summed E-state index contributed by atoms with van der Waals surface area (Å²) in [5.41, 5.74) is 2.76. The molecule has 0 bridgehead atoms. The number of rotatable bonds is 3. The Labute approximate surface area is 124 Å². The standard InChI is InChI=1S/C16H24BrNO/c1-12-10-14(4-5-15(12)17)18-8-6-13(7-9-19)11-16(18,2)3/h4-5,10,13,19H,6-9,11H2,1-3H3. The van der Waals surface area contributed by atoms with Crippen LogP contribution in [0.4, 0.5) is 5.69 Å². The van der Waals surface area contributed by atoms with Gasteiger partial charge >= 0.3 is 0 Å². The molecule has 0 saturated carbocycles. The van der Waals surface area contributed by atoms with Crippen LogP contribution in [0.3, 0.4) is 0 Å². The van der Waals surface area contributed by atoms with Crippen molar-refractivity contribution in [2.24, 2.45) is 5.92 Å². The van der Waals surface area contributed by atoms with Crippen LogP contribution >= 0.6 is 15.9 Å². The van der Waals surface area contributed by atoms with Gasteiger partial charge in [0.15, 0.2) is 0 Å². The molecule has 1 aliphatic heterocycles. The number of piperidine rings is 1. The summed E-state index contributed by atoms with van der Waals surface area (Å²) in [6, 6.07) is 6.60. The van der Waals surface area contributed by atoms with Crippen LogP contribution in [-0.4, -0.2) is 23.8 Å². The molecule has 2 nitrogen and oxygen atoms in total. The molecule has 19 heavy (non-hydrogen) atoms. The minimum absolute atomic E-state index is 0.165. The van der Waals surface area contributed by atoms with Crippen LogP contribution in [0.5, 0.6) is 0 Å². The molecule has 1 atom stereocenters. The maximum Gasteiger partial charge on any atom is 0.0433 e. The second-order valence-corrected chi connectivity index (χ2v) is 7.12. The molecule has 1 saturated heterocycles. The number of nitrogens with zero attached hydrogens (tertiary/aromatic N) is 1. The zero-order chi connectivity index (χ0) is 14.0. The van der Waals surface area contributed by atoms with Crippen molar-refractivity contribution in [1.29, 1.82) is 0 Å². The average Bonchev–Trinajstić information content (AvgIpc) is 2.32. The molecule has 3 heteroatoms. The molecule has 0 spiro atoms. The topological polar surface area (TPSA) is 23.5 Å². The normalized spacial score (nSPS) is 22.6. The van der Waals surface area contributed by atoms with E-state index in [0.29, 0.717) is 12.5 Å². The Bertz CT molecular complexity index is 444. The summed E-state index contributed by atoms with van der Waals surface area (Å²) in [4.78, 5) is 2.51. The SMILES string of the molecule is Cc1cc(N2CCC(CCO)CC2(C)C)ccc1Br. The lowest BCUT2D eigenvalue weighted by atomic mass is 9.81. The molecule has 1 unspecified atom stereocenters. The minimum atomic E-state index is 0.165. The van der Waals surface area contributed by atoms with Gasteiger partial charge in [0.25, 0.3) is 0 Å². The fraction of sp³-hybridized carbons (Fsp3) is 0.625. The molecular formula is C16H24BrNO. The van der Waals surface area contributed by atoms with E-state index in [2.05, 4.69) is 59.8 Å². The third-order valence-corrected chi connectivity index (χ3v) is 5.16. The van der Waals surface area contributed by atoms with E-state index in [-0.39, 0.29) is 5.54 Å². The van der Waals surface area contributed by atoms with Crippen molar-refractivity contribution < 1.29 is 5.11 Å². The molecule has 1 fully saturated rings. The largest absolute Gasteiger partial charge is 0.396 e. The van der Waals surface area contributed by atoms with Crippen molar-refractivity contribution in [1.82, 2.24) is 0 Å². The third-order valence-electron chi connectivity index (χ3n) is 4.27. The summed E-state index contributed by atoms with van der Waals surface area (Å²) in [7, 11) is 0. The lowest BCUT2D eigenvalue weighted by molar-refractivity contribution is 0.205. The summed E-state index contributed by atoms with van der Waals surface area (Å²) in [6.07, 6.45) is 3.28. The van der Waals surface area contributed by atoms with Gasteiger partial charge in [0.05, 0.1) is 0 Å². The lowest BCUT2D eigenvalue weighted by Gasteiger charge is -2.47. The number of benzene rings is 1. The first kappa shape index (κ1) is 14.9. The van der Waals surface area contributed by atoms with E-state index in [1.54, 1.807) is 0 Å². The Balaban J connectivity index is 2.18. The summed E-state index contributed by atoms with van der Waals surface area (Å²) < 4.78 is 1.17. The maximum atomic E-state index is 9.12. The molecule has 0 aliphatic carbocycles. The maximum absolute atomic E-state index is 9.12. The van der Waals surface area contributed by atoms with Gasteiger partial charge in [0.2, 0.25) is 0 Å². The van der Waals surface area contributed by atoms with Gasteiger partial charge in [0, 0.05) is 28.9 Å². The van der Waals surface area contributed by atoms with E-state index < -0.39 is 0 Å². The summed E-state index contributed by atoms with van der Waals surface area (Å²) in [5, 5.41) is 9.12. The molecule has 106 valence electrons. The highest BCUT2D eigenvalue weighted by Crippen LogP contribution is 2.37. The van der Waals surface area contributed by atoms with E-state index in [9.17, 15) is 0 Å². The first-order valence-corrected chi connectivity index (χ1v) is 7.88. The summed E-state index contributed by atoms with van der Waals surface area (Å²) >= 11 is 3.57. The fourth-order valence-corrected chi connectivity index (χ4v) is 3.48. The fourth-order valence-electron chi connectivity index (χ4n) is 3.24. The zero-order valence-corrected chi connectivity index (χ0v) is 13.7. The monoisotopic (exact) mass is 325 g/mol. The average molecular weight is 326 g/mol. The zero-order valence-electron chi connectivity index (χ0n) is 12.1. The highest BCUT2D eigenvalue weighted by molar-refractivity contribution is 9.10. The molecule has 1 aromatic rings. The molecule has 1 heterocycles. The van der Waals surface area contributed by atoms with E-state index >= 15 is 0 Å². The van der Waals surface area contributed by atoms with Gasteiger partial charge in [-0.15, -0.1) is 0 Å². The van der Waals surface area contributed by atoms with Crippen LogP contribution < -0.4 is 4.90 Å². The van der Waals surface area contributed by atoms with Gasteiger partial charge < -0.3 is 10.0 Å². The number of aliphatic hydroxyl groups is 1. The number of aliphatic hydroxyl groups excluding tert-OH is 1. The molecule has 0 aromatic heterocycles. The number of anilines is 1. The molecule has 2 rings (SSSR count). The molecule has 0 amide bonds. The molecule has 1 aromatic carbocycles. The summed E-state index contributed by atoms with van der Waals surface area (Å²) in [6.45, 7) is 8.16. The second-order valence-electron chi connectivity index (χ2n) is 6.27. The number of aryl methyl sites for hydroxylation is 1. The Kier molecular flexibility index (Phi) is 4.57. The molecule has 1 aliphatic rings. The highest BCUT2D eigenvalue weighted by Gasteiger charge is 2.34. The Hall–Kier alpha value is -0.540. The van der Waals surface area contributed by atoms with Gasteiger partial charge in [-0.25, -0.2) is 0 Å². The third kappa shape index (κ3) is 3.32. The smallest absolute Gasteiger partial charge is 0.0433 e. The molecular weight excluding hydrogens is 302 g/mol. The van der Waals surface area contributed by atoms with Gasteiger partial charge in [-0.1, -0.05) is 15.9 Å². The van der Waals surface area contributed by atoms with E-state index in [1.165, 1.54) is 22.1 Å². The van der Waals surface area contributed by atoms with Crippen molar-refractivity contribution in [3.63, 3.8) is 0 Å². The van der Waals surface area contributed by atoms with Crippen LogP contribution in [0.2, 0.25) is 0 Å². The van der Waals surface area contributed by atoms with Crippen molar-refractivity contribution in [3.8, 4) is 0 Å². The van der Waals surface area contributed by atoms with Gasteiger partial charge in [-0.3, -0.25) is 0 Å². The molecule has 0 radical (unpaired) electrons. The first-order chi connectivity index (χ1) is 8.94. The Morgan fingerprint density at radius 3 is 2.74 bits per heavy atom. The predicted octanol–water partition coefficient (Wildman–Crippen LogP) is 4.13. The van der Waals surface area contributed by atoms with Crippen LogP contribution in [-0.2, 0) is 0 Å². The van der Waals surface area contributed by atoms with Crippen LogP contribution in [0, 0.1) is 12.8 Å².